The molecule has 0 saturated heterocycles. The number of benzene rings is 2. The minimum Gasteiger partial charge on any atom is -0.360 e. The third-order valence-electron chi connectivity index (χ3n) is 4.37. The van der Waals surface area contributed by atoms with Crippen molar-refractivity contribution in [2.24, 2.45) is 5.10 Å². The number of hydrogen-bond donors (Lipinski definition) is 0. The van der Waals surface area contributed by atoms with Crippen LogP contribution in [0.15, 0.2) is 70.3 Å². The van der Waals surface area contributed by atoms with E-state index in [0.29, 0.717) is 23.1 Å². The Bertz CT molecular complexity index is 986. The Kier molecular flexibility index (Phi) is 5.78. The Morgan fingerprint density at radius 2 is 1.89 bits per heavy atom. The third kappa shape index (κ3) is 4.46. The van der Waals surface area contributed by atoms with E-state index in [1.807, 2.05) is 60.7 Å². The molecule has 0 radical (unpaired) electrons. The molecule has 1 aliphatic rings. The molecule has 0 atom stereocenters. The van der Waals surface area contributed by atoms with Crippen molar-refractivity contribution in [1.29, 1.82) is 0 Å². The second kappa shape index (κ2) is 8.63. The Balaban J connectivity index is 1.29. The van der Waals surface area contributed by atoms with Crippen molar-refractivity contribution in [3.05, 3.63) is 77.0 Å². The highest BCUT2D eigenvalue weighted by molar-refractivity contribution is 7.99. The summed E-state index contributed by atoms with van der Waals surface area (Å²) in [5.41, 5.74) is 3.74. The maximum atomic E-state index is 12.4. The van der Waals surface area contributed by atoms with E-state index in [9.17, 15) is 4.79 Å². The number of hydrazone groups is 1. The first-order valence-corrected chi connectivity index (χ1v) is 10.4. The van der Waals surface area contributed by atoms with Gasteiger partial charge in [-0.05, 0) is 17.7 Å². The van der Waals surface area contributed by atoms with Crippen LogP contribution in [0.3, 0.4) is 0 Å². The van der Waals surface area contributed by atoms with Gasteiger partial charge in [0.05, 0.1) is 23.8 Å². The fourth-order valence-corrected chi connectivity index (χ4v) is 3.81. The lowest BCUT2D eigenvalue weighted by atomic mass is 10.1. The fourth-order valence-electron chi connectivity index (χ4n) is 2.92. The zero-order valence-electron chi connectivity index (χ0n) is 15.0. The molecule has 28 heavy (non-hydrogen) atoms. The van der Waals surface area contributed by atoms with E-state index in [1.54, 1.807) is 5.01 Å². The van der Waals surface area contributed by atoms with Gasteiger partial charge in [-0.25, -0.2) is 5.01 Å². The minimum absolute atomic E-state index is 0.00775. The van der Waals surface area contributed by atoms with Gasteiger partial charge < -0.3 is 4.52 Å². The highest BCUT2D eigenvalue weighted by Crippen LogP contribution is 2.23. The number of rotatable bonds is 6. The molecular formula is C21H18ClN3O2S. The molecule has 1 aromatic heterocycles. The van der Waals surface area contributed by atoms with Gasteiger partial charge in [0.2, 0.25) is 0 Å². The van der Waals surface area contributed by atoms with Crippen LogP contribution in [0.5, 0.6) is 0 Å². The van der Waals surface area contributed by atoms with Gasteiger partial charge in [0.25, 0.3) is 5.91 Å². The predicted octanol–water partition coefficient (Wildman–Crippen LogP) is 4.86. The number of thioether (sulfide) groups is 1. The van der Waals surface area contributed by atoms with Crippen molar-refractivity contribution in [1.82, 2.24) is 10.2 Å². The van der Waals surface area contributed by atoms with Gasteiger partial charge in [0.15, 0.2) is 0 Å². The van der Waals surface area contributed by atoms with E-state index in [-0.39, 0.29) is 5.91 Å². The van der Waals surface area contributed by atoms with Crippen molar-refractivity contribution >= 4 is 35.0 Å². The molecule has 1 aliphatic heterocycles. The first-order valence-electron chi connectivity index (χ1n) is 8.91. The first kappa shape index (κ1) is 18.8. The van der Waals surface area contributed by atoms with E-state index in [4.69, 9.17) is 16.1 Å². The molecule has 0 spiro atoms. The third-order valence-corrected chi connectivity index (χ3v) is 5.56. The normalized spacial score (nSPS) is 13.6. The molecule has 3 aromatic rings. The van der Waals surface area contributed by atoms with Crippen LogP contribution in [0.4, 0.5) is 0 Å². The van der Waals surface area contributed by atoms with Gasteiger partial charge in [-0.1, -0.05) is 59.2 Å². The molecule has 0 saturated carbocycles. The van der Waals surface area contributed by atoms with Crippen LogP contribution in [-0.2, 0) is 10.5 Å². The number of halogens is 1. The molecule has 0 N–H and O–H groups in total. The number of nitrogens with zero attached hydrogens (tertiary/aromatic N) is 3. The highest BCUT2D eigenvalue weighted by atomic mass is 35.5. The molecule has 1 amide bonds. The monoisotopic (exact) mass is 411 g/mol. The lowest BCUT2D eigenvalue weighted by Crippen LogP contribution is -2.25. The maximum Gasteiger partial charge on any atom is 0.252 e. The van der Waals surface area contributed by atoms with Crippen molar-refractivity contribution in [3.8, 4) is 11.3 Å². The summed E-state index contributed by atoms with van der Waals surface area (Å²) in [6.45, 7) is 0.632. The number of aromatic nitrogens is 1. The summed E-state index contributed by atoms with van der Waals surface area (Å²) in [6.07, 6.45) is 0.785. The Morgan fingerprint density at radius 3 is 2.68 bits per heavy atom. The summed E-state index contributed by atoms with van der Waals surface area (Å²) in [5.74, 6) is 1.67. The molecule has 0 bridgehead atoms. The topological polar surface area (TPSA) is 58.7 Å². The quantitative estimate of drug-likeness (QED) is 0.580. The van der Waals surface area contributed by atoms with Crippen LogP contribution in [0, 0.1) is 0 Å². The lowest BCUT2D eigenvalue weighted by molar-refractivity contribution is -0.127. The number of amides is 1. The van der Waals surface area contributed by atoms with Gasteiger partial charge in [-0.2, -0.15) is 5.10 Å². The molecule has 142 valence electrons. The molecule has 0 fully saturated rings. The Labute approximate surface area is 172 Å². The largest absolute Gasteiger partial charge is 0.360 e. The van der Waals surface area contributed by atoms with Gasteiger partial charge in [0, 0.05) is 23.1 Å². The SMILES string of the molecule is O=C(CSCc1cc(-c2ccc(Cl)cc2)no1)N1CCC(c2ccccc2)=N1. The molecule has 2 aromatic carbocycles. The van der Waals surface area contributed by atoms with Gasteiger partial charge in [-0.3, -0.25) is 4.79 Å². The Hall–Kier alpha value is -2.57. The lowest BCUT2D eigenvalue weighted by Gasteiger charge is -2.10. The average Bonchev–Trinajstić information content (AvgIpc) is 3.39. The van der Waals surface area contributed by atoms with Crippen LogP contribution in [0.1, 0.15) is 17.7 Å². The van der Waals surface area contributed by atoms with Crippen LogP contribution in [0.25, 0.3) is 11.3 Å². The standard InChI is InChI=1S/C21H18ClN3O2S/c22-17-8-6-16(7-9-17)20-12-18(27-24-20)13-28-14-21(26)25-11-10-19(23-25)15-4-2-1-3-5-15/h1-9,12H,10-11,13-14H2. The molecule has 7 heteroatoms. The van der Waals surface area contributed by atoms with Crippen molar-refractivity contribution in [2.75, 3.05) is 12.3 Å². The summed E-state index contributed by atoms with van der Waals surface area (Å²) >= 11 is 7.40. The van der Waals surface area contributed by atoms with E-state index < -0.39 is 0 Å². The zero-order valence-corrected chi connectivity index (χ0v) is 16.6. The second-order valence-corrected chi connectivity index (χ2v) is 7.78. The Morgan fingerprint density at radius 1 is 1.11 bits per heavy atom. The first-order chi connectivity index (χ1) is 13.7. The van der Waals surface area contributed by atoms with E-state index in [2.05, 4.69) is 10.3 Å². The summed E-state index contributed by atoms with van der Waals surface area (Å²) in [4.78, 5) is 12.4. The maximum absolute atomic E-state index is 12.4. The van der Waals surface area contributed by atoms with Crippen LogP contribution < -0.4 is 0 Å². The number of carbonyl (C=O) groups excluding carboxylic acids is 1. The minimum atomic E-state index is 0.00775. The zero-order chi connectivity index (χ0) is 19.3. The van der Waals surface area contributed by atoms with Gasteiger partial charge in [0.1, 0.15) is 11.5 Å². The van der Waals surface area contributed by atoms with Crippen LogP contribution in [-0.4, -0.2) is 34.1 Å². The highest BCUT2D eigenvalue weighted by Gasteiger charge is 2.21. The van der Waals surface area contributed by atoms with Gasteiger partial charge in [-0.15, -0.1) is 11.8 Å². The molecular weight excluding hydrogens is 394 g/mol. The van der Waals surface area contributed by atoms with Crippen molar-refractivity contribution in [2.45, 2.75) is 12.2 Å². The van der Waals surface area contributed by atoms with Gasteiger partial charge >= 0.3 is 0 Å². The summed E-state index contributed by atoms with van der Waals surface area (Å²) in [6, 6.07) is 19.3. The molecule has 2 heterocycles. The molecule has 4 rings (SSSR count). The molecule has 0 aliphatic carbocycles. The fraction of sp³-hybridized carbons (Fsp3) is 0.190. The van der Waals surface area contributed by atoms with Crippen LogP contribution in [0.2, 0.25) is 5.02 Å². The van der Waals surface area contributed by atoms with Crippen molar-refractivity contribution < 1.29 is 9.32 Å². The average molecular weight is 412 g/mol. The number of hydrogen-bond acceptors (Lipinski definition) is 5. The molecule has 0 unspecified atom stereocenters. The van der Waals surface area contributed by atoms with Crippen LogP contribution >= 0.6 is 23.4 Å². The molecule has 5 nitrogen and oxygen atoms in total. The smallest absolute Gasteiger partial charge is 0.252 e. The summed E-state index contributed by atoms with van der Waals surface area (Å²) in [7, 11) is 0. The second-order valence-electron chi connectivity index (χ2n) is 6.36. The van der Waals surface area contributed by atoms with E-state index in [0.717, 1.165) is 34.7 Å². The summed E-state index contributed by atoms with van der Waals surface area (Å²) in [5, 5.41) is 10.8. The van der Waals surface area contributed by atoms with Crippen molar-refractivity contribution in [3.63, 3.8) is 0 Å². The van der Waals surface area contributed by atoms with E-state index in [1.165, 1.54) is 11.8 Å². The predicted molar refractivity (Wildman–Crippen MR) is 112 cm³/mol. The number of carbonyl (C=O) groups is 1. The van der Waals surface area contributed by atoms with E-state index >= 15 is 0 Å². The summed E-state index contributed by atoms with van der Waals surface area (Å²) < 4.78 is 5.38.